The minimum absolute atomic E-state index is 0.632. The fraction of sp³-hybridized carbons (Fsp3) is 0. The second kappa shape index (κ2) is 12.8. The van der Waals surface area contributed by atoms with Crippen LogP contribution in [-0.2, 0) is 0 Å². The largest absolute Gasteiger partial charge is 0.292 e. The van der Waals surface area contributed by atoms with Gasteiger partial charge in [0.15, 0.2) is 17.5 Å². The SMILES string of the molecule is c1ccc(-c2nc(-c3ccccc3)nc(-c3cccc(-c4ccc5ccc6ccc7c(nc(-c8ccccc8)n7-c7ccccc7)c6c5c4)c3)n2)cc1. The van der Waals surface area contributed by atoms with Crippen molar-refractivity contribution in [1.82, 2.24) is 24.5 Å². The molecule has 0 N–H and O–H groups in total. The highest BCUT2D eigenvalue weighted by atomic mass is 15.1. The Bertz CT molecular complexity index is 2860. The quantitative estimate of drug-likeness (QED) is 0.164. The molecule has 0 aliphatic rings. The summed E-state index contributed by atoms with van der Waals surface area (Å²) in [5.41, 5.74) is 9.21. The van der Waals surface area contributed by atoms with Gasteiger partial charge in [-0.3, -0.25) is 4.57 Å². The van der Waals surface area contributed by atoms with E-state index in [1.54, 1.807) is 0 Å². The van der Waals surface area contributed by atoms with Crippen LogP contribution in [0.3, 0.4) is 0 Å². The van der Waals surface area contributed by atoms with Crippen LogP contribution in [0.1, 0.15) is 0 Å². The van der Waals surface area contributed by atoms with E-state index in [1.807, 2.05) is 66.7 Å². The number of benzene rings is 8. The molecule has 0 aliphatic carbocycles. The molecular formula is C48H31N5. The molecule has 53 heavy (non-hydrogen) atoms. The zero-order valence-electron chi connectivity index (χ0n) is 28.6. The van der Waals surface area contributed by atoms with Crippen LogP contribution < -0.4 is 0 Å². The summed E-state index contributed by atoms with van der Waals surface area (Å²) < 4.78 is 2.28. The van der Waals surface area contributed by atoms with Crippen molar-refractivity contribution in [2.24, 2.45) is 0 Å². The van der Waals surface area contributed by atoms with E-state index in [1.165, 1.54) is 0 Å². The predicted molar refractivity (Wildman–Crippen MR) is 217 cm³/mol. The summed E-state index contributed by atoms with van der Waals surface area (Å²) in [6.45, 7) is 0. The van der Waals surface area contributed by atoms with E-state index < -0.39 is 0 Å². The Morgan fingerprint density at radius 1 is 0.340 bits per heavy atom. The van der Waals surface area contributed by atoms with Gasteiger partial charge in [-0.15, -0.1) is 0 Å². The van der Waals surface area contributed by atoms with Crippen LogP contribution in [0.15, 0.2) is 188 Å². The molecule has 2 aromatic heterocycles. The van der Waals surface area contributed by atoms with Gasteiger partial charge >= 0.3 is 0 Å². The zero-order valence-corrected chi connectivity index (χ0v) is 28.6. The summed E-state index contributed by atoms with van der Waals surface area (Å²) >= 11 is 0. The molecule has 8 aromatic carbocycles. The number of aromatic nitrogens is 5. The first-order valence-corrected chi connectivity index (χ1v) is 17.7. The highest BCUT2D eigenvalue weighted by Crippen LogP contribution is 2.38. The summed E-state index contributed by atoms with van der Waals surface area (Å²) in [6.07, 6.45) is 0. The van der Waals surface area contributed by atoms with Crippen LogP contribution in [0.2, 0.25) is 0 Å². The maximum Gasteiger partial charge on any atom is 0.164 e. The number of hydrogen-bond acceptors (Lipinski definition) is 4. The van der Waals surface area contributed by atoms with E-state index in [0.29, 0.717) is 17.5 Å². The normalized spacial score (nSPS) is 11.4. The molecule has 5 heteroatoms. The Kier molecular flexibility index (Phi) is 7.40. The van der Waals surface area contributed by atoms with Gasteiger partial charge in [0, 0.05) is 33.3 Å². The molecule has 0 bridgehead atoms. The summed E-state index contributed by atoms with van der Waals surface area (Å²) in [7, 11) is 0. The molecule has 10 aromatic rings. The Balaban J connectivity index is 1.15. The average molecular weight is 678 g/mol. The number of imidazole rings is 1. The van der Waals surface area contributed by atoms with E-state index in [2.05, 4.69) is 126 Å². The van der Waals surface area contributed by atoms with Gasteiger partial charge in [-0.05, 0) is 57.6 Å². The number of nitrogens with zero attached hydrogens (tertiary/aromatic N) is 5. The number of para-hydroxylation sites is 1. The zero-order chi connectivity index (χ0) is 35.1. The molecule has 0 unspecified atom stereocenters. The van der Waals surface area contributed by atoms with Gasteiger partial charge in [0.2, 0.25) is 0 Å². The summed E-state index contributed by atoms with van der Waals surface area (Å²) in [4.78, 5) is 20.3. The number of fused-ring (bicyclic) bond motifs is 5. The minimum Gasteiger partial charge on any atom is -0.292 e. The van der Waals surface area contributed by atoms with Crippen LogP contribution in [0.25, 0.3) is 94.9 Å². The van der Waals surface area contributed by atoms with Crippen molar-refractivity contribution in [2.75, 3.05) is 0 Å². The maximum absolute atomic E-state index is 5.40. The fourth-order valence-electron chi connectivity index (χ4n) is 7.25. The molecule has 0 radical (unpaired) electrons. The Morgan fingerprint density at radius 3 is 1.49 bits per heavy atom. The number of rotatable bonds is 6. The van der Waals surface area contributed by atoms with E-state index in [-0.39, 0.29) is 0 Å². The molecule has 248 valence electrons. The Morgan fingerprint density at radius 2 is 0.830 bits per heavy atom. The maximum atomic E-state index is 5.40. The molecule has 0 fully saturated rings. The Labute approximate surface area is 306 Å². The number of hydrogen-bond donors (Lipinski definition) is 0. The molecule has 0 atom stereocenters. The summed E-state index contributed by atoms with van der Waals surface area (Å²) in [6, 6.07) is 65.1. The van der Waals surface area contributed by atoms with Crippen LogP contribution in [0.5, 0.6) is 0 Å². The topological polar surface area (TPSA) is 56.5 Å². The van der Waals surface area contributed by atoms with Gasteiger partial charge in [-0.25, -0.2) is 19.9 Å². The van der Waals surface area contributed by atoms with Crippen molar-refractivity contribution < 1.29 is 0 Å². The average Bonchev–Trinajstić information content (AvgIpc) is 3.64. The van der Waals surface area contributed by atoms with Crippen molar-refractivity contribution in [1.29, 1.82) is 0 Å². The summed E-state index contributed by atoms with van der Waals surface area (Å²) in [5.74, 6) is 2.84. The van der Waals surface area contributed by atoms with E-state index in [9.17, 15) is 0 Å². The van der Waals surface area contributed by atoms with Gasteiger partial charge in [0.1, 0.15) is 5.82 Å². The van der Waals surface area contributed by atoms with E-state index in [0.717, 1.165) is 77.5 Å². The van der Waals surface area contributed by atoms with Gasteiger partial charge in [0.25, 0.3) is 0 Å². The molecule has 2 heterocycles. The summed E-state index contributed by atoms with van der Waals surface area (Å²) in [5, 5.41) is 4.62. The molecule has 0 saturated heterocycles. The van der Waals surface area contributed by atoms with Gasteiger partial charge in [-0.1, -0.05) is 158 Å². The third kappa shape index (κ3) is 5.52. The van der Waals surface area contributed by atoms with Gasteiger partial charge in [-0.2, -0.15) is 0 Å². The molecule has 10 rings (SSSR count). The molecular weight excluding hydrogens is 647 g/mol. The molecule has 0 spiro atoms. The smallest absolute Gasteiger partial charge is 0.164 e. The molecule has 0 aliphatic heterocycles. The van der Waals surface area contributed by atoms with E-state index >= 15 is 0 Å². The standard InChI is InChI=1S/C48H31N5/c1-5-14-34(15-6-1)45-50-46(35-16-7-2-8-17-35)52-47(51-45)39-21-13-20-37(30-39)38-27-25-32-24-26-33-28-29-42-44(43(33)41(32)31-38)49-48(36-18-9-3-10-19-36)53(42)40-22-11-4-12-23-40/h1-31H. The fourth-order valence-corrected chi connectivity index (χ4v) is 7.25. The van der Waals surface area contributed by atoms with Crippen LogP contribution in [0, 0.1) is 0 Å². The second-order valence-corrected chi connectivity index (χ2v) is 13.1. The lowest BCUT2D eigenvalue weighted by Gasteiger charge is -2.11. The highest BCUT2D eigenvalue weighted by Gasteiger charge is 2.18. The van der Waals surface area contributed by atoms with E-state index in [4.69, 9.17) is 19.9 Å². The Hall–Kier alpha value is -7.24. The highest BCUT2D eigenvalue weighted by molar-refractivity contribution is 6.19. The third-order valence-corrected chi connectivity index (χ3v) is 9.82. The first-order chi connectivity index (χ1) is 26.3. The molecule has 5 nitrogen and oxygen atoms in total. The monoisotopic (exact) mass is 677 g/mol. The first-order valence-electron chi connectivity index (χ1n) is 17.7. The van der Waals surface area contributed by atoms with Gasteiger partial charge < -0.3 is 0 Å². The van der Waals surface area contributed by atoms with Crippen molar-refractivity contribution >= 4 is 32.6 Å². The minimum atomic E-state index is 0.632. The first kappa shape index (κ1) is 30.6. The van der Waals surface area contributed by atoms with Crippen molar-refractivity contribution in [3.63, 3.8) is 0 Å². The van der Waals surface area contributed by atoms with Crippen LogP contribution in [0.4, 0.5) is 0 Å². The lowest BCUT2D eigenvalue weighted by atomic mass is 9.95. The lowest BCUT2D eigenvalue weighted by Crippen LogP contribution is -2.00. The van der Waals surface area contributed by atoms with Gasteiger partial charge in [0.05, 0.1) is 11.0 Å². The van der Waals surface area contributed by atoms with Crippen LogP contribution in [-0.4, -0.2) is 24.5 Å². The lowest BCUT2D eigenvalue weighted by molar-refractivity contribution is 1.07. The van der Waals surface area contributed by atoms with Crippen molar-refractivity contribution in [3.05, 3.63) is 188 Å². The van der Waals surface area contributed by atoms with Crippen LogP contribution >= 0.6 is 0 Å². The van der Waals surface area contributed by atoms with Crippen molar-refractivity contribution in [2.45, 2.75) is 0 Å². The van der Waals surface area contributed by atoms with Crippen molar-refractivity contribution in [3.8, 4) is 62.4 Å². The predicted octanol–water partition coefficient (Wildman–Crippen LogP) is 11.9. The second-order valence-electron chi connectivity index (χ2n) is 13.1. The third-order valence-electron chi connectivity index (χ3n) is 9.82. The molecule has 0 saturated carbocycles. The molecule has 0 amide bonds.